The second kappa shape index (κ2) is 8.17. The van der Waals surface area contributed by atoms with Gasteiger partial charge in [-0.05, 0) is 19.8 Å². The lowest BCUT2D eigenvalue weighted by Crippen LogP contribution is -2.32. The molecule has 1 N–H and O–H groups in total. The van der Waals surface area contributed by atoms with Crippen LogP contribution in [-0.2, 0) is 11.3 Å². The fourth-order valence-corrected chi connectivity index (χ4v) is 2.88. The molecule has 0 amide bonds. The van der Waals surface area contributed by atoms with Gasteiger partial charge in [0.25, 0.3) is 0 Å². The molecule has 5 nitrogen and oxygen atoms in total. The summed E-state index contributed by atoms with van der Waals surface area (Å²) >= 11 is 0. The Morgan fingerprint density at radius 1 is 1.24 bits per heavy atom. The number of aromatic nitrogens is 2. The largest absolute Gasteiger partial charge is 0.374 e. The van der Waals surface area contributed by atoms with Crippen molar-refractivity contribution < 1.29 is 4.74 Å². The van der Waals surface area contributed by atoms with Gasteiger partial charge >= 0.3 is 0 Å². The van der Waals surface area contributed by atoms with Crippen molar-refractivity contribution in [2.75, 3.05) is 30.9 Å². The van der Waals surface area contributed by atoms with E-state index in [0.29, 0.717) is 19.3 Å². The van der Waals surface area contributed by atoms with Crippen molar-refractivity contribution in [3.05, 3.63) is 11.9 Å². The quantitative estimate of drug-likeness (QED) is 0.816. The topological polar surface area (TPSA) is 50.3 Å². The van der Waals surface area contributed by atoms with Crippen molar-refractivity contribution in [1.29, 1.82) is 0 Å². The SMILES string of the molecule is CCOCc1nc(NC)cc(N(C)C2CCCCCC2)n1. The second-order valence-corrected chi connectivity index (χ2v) is 5.67. The Kier molecular flexibility index (Phi) is 6.23. The summed E-state index contributed by atoms with van der Waals surface area (Å²) in [4.78, 5) is 11.5. The van der Waals surface area contributed by atoms with Crippen LogP contribution in [0, 0.1) is 0 Å². The molecule has 1 heterocycles. The van der Waals surface area contributed by atoms with E-state index < -0.39 is 0 Å². The fourth-order valence-electron chi connectivity index (χ4n) is 2.88. The Labute approximate surface area is 128 Å². The van der Waals surface area contributed by atoms with Crippen LogP contribution in [0.1, 0.15) is 51.3 Å². The summed E-state index contributed by atoms with van der Waals surface area (Å²) in [6.45, 7) is 3.14. The Morgan fingerprint density at radius 2 is 1.95 bits per heavy atom. The van der Waals surface area contributed by atoms with Crippen LogP contribution < -0.4 is 10.2 Å². The van der Waals surface area contributed by atoms with E-state index >= 15 is 0 Å². The van der Waals surface area contributed by atoms with E-state index in [9.17, 15) is 0 Å². The minimum absolute atomic E-state index is 0.470. The molecule has 0 aliphatic heterocycles. The molecule has 1 fully saturated rings. The third kappa shape index (κ3) is 4.56. The molecule has 5 heteroatoms. The molecular weight excluding hydrogens is 264 g/mol. The van der Waals surface area contributed by atoms with Crippen molar-refractivity contribution in [2.24, 2.45) is 0 Å². The van der Waals surface area contributed by atoms with E-state index in [2.05, 4.69) is 27.2 Å². The van der Waals surface area contributed by atoms with Gasteiger partial charge in [0.2, 0.25) is 0 Å². The number of nitrogens with one attached hydrogen (secondary N) is 1. The summed E-state index contributed by atoms with van der Waals surface area (Å²) in [6, 6.07) is 2.62. The summed E-state index contributed by atoms with van der Waals surface area (Å²) < 4.78 is 5.45. The van der Waals surface area contributed by atoms with Crippen LogP contribution in [0.2, 0.25) is 0 Å². The van der Waals surface area contributed by atoms with E-state index in [1.807, 2.05) is 20.0 Å². The highest BCUT2D eigenvalue weighted by molar-refractivity contribution is 5.49. The Morgan fingerprint density at radius 3 is 2.57 bits per heavy atom. The first kappa shape index (κ1) is 16.0. The van der Waals surface area contributed by atoms with Crippen molar-refractivity contribution in [3.8, 4) is 0 Å². The third-order valence-corrected chi connectivity index (χ3v) is 4.18. The number of hydrogen-bond acceptors (Lipinski definition) is 5. The van der Waals surface area contributed by atoms with E-state index in [4.69, 9.17) is 4.74 Å². The minimum Gasteiger partial charge on any atom is -0.374 e. The van der Waals surface area contributed by atoms with E-state index in [0.717, 1.165) is 17.5 Å². The van der Waals surface area contributed by atoms with Crippen LogP contribution in [0.5, 0.6) is 0 Å². The smallest absolute Gasteiger partial charge is 0.158 e. The fraction of sp³-hybridized carbons (Fsp3) is 0.750. The standard InChI is InChI=1S/C16H28N4O/c1-4-21-12-15-18-14(17-2)11-16(19-15)20(3)13-9-7-5-6-8-10-13/h11,13H,4-10,12H2,1-3H3,(H,17,18,19). The highest BCUT2D eigenvalue weighted by Gasteiger charge is 2.19. The molecule has 118 valence electrons. The number of hydrogen-bond donors (Lipinski definition) is 1. The maximum absolute atomic E-state index is 5.45. The van der Waals surface area contributed by atoms with E-state index in [-0.39, 0.29) is 0 Å². The first-order valence-electron chi connectivity index (χ1n) is 8.11. The molecule has 0 saturated heterocycles. The highest BCUT2D eigenvalue weighted by Crippen LogP contribution is 2.25. The lowest BCUT2D eigenvalue weighted by Gasteiger charge is -2.28. The number of ether oxygens (including phenoxy) is 1. The third-order valence-electron chi connectivity index (χ3n) is 4.18. The number of rotatable bonds is 6. The van der Waals surface area contributed by atoms with Crippen molar-refractivity contribution in [3.63, 3.8) is 0 Å². The molecule has 0 atom stereocenters. The van der Waals surface area contributed by atoms with Gasteiger partial charge in [0, 0.05) is 32.8 Å². The predicted molar refractivity (Wildman–Crippen MR) is 86.8 cm³/mol. The van der Waals surface area contributed by atoms with Gasteiger partial charge in [-0.15, -0.1) is 0 Å². The van der Waals surface area contributed by atoms with Crippen LogP contribution in [0.4, 0.5) is 11.6 Å². The molecule has 1 aliphatic carbocycles. The van der Waals surface area contributed by atoms with Gasteiger partial charge in [0.1, 0.15) is 18.2 Å². The normalized spacial score (nSPS) is 16.5. The lowest BCUT2D eigenvalue weighted by molar-refractivity contribution is 0.128. The zero-order chi connectivity index (χ0) is 15.1. The van der Waals surface area contributed by atoms with E-state index in [1.165, 1.54) is 38.5 Å². The van der Waals surface area contributed by atoms with Crippen LogP contribution in [0.15, 0.2) is 6.07 Å². The molecule has 0 bridgehead atoms. The Bertz CT molecular complexity index is 430. The molecule has 21 heavy (non-hydrogen) atoms. The van der Waals surface area contributed by atoms with Crippen molar-refractivity contribution in [2.45, 2.75) is 58.1 Å². The summed E-state index contributed by atoms with van der Waals surface area (Å²) in [6.07, 6.45) is 7.90. The molecule has 0 spiro atoms. The van der Waals surface area contributed by atoms with Gasteiger partial charge < -0.3 is 15.0 Å². The van der Waals surface area contributed by atoms with Gasteiger partial charge in [-0.1, -0.05) is 25.7 Å². The first-order chi connectivity index (χ1) is 10.2. The van der Waals surface area contributed by atoms with Gasteiger partial charge in [0.15, 0.2) is 5.82 Å². The number of anilines is 2. The lowest BCUT2D eigenvalue weighted by atomic mass is 10.1. The zero-order valence-electron chi connectivity index (χ0n) is 13.6. The molecule has 1 aromatic rings. The second-order valence-electron chi connectivity index (χ2n) is 5.67. The molecular formula is C16H28N4O. The zero-order valence-corrected chi connectivity index (χ0v) is 13.6. The molecule has 0 unspecified atom stereocenters. The maximum Gasteiger partial charge on any atom is 0.158 e. The number of nitrogens with zero attached hydrogens (tertiary/aromatic N) is 3. The summed E-state index contributed by atoms with van der Waals surface area (Å²) in [5.41, 5.74) is 0. The Balaban J connectivity index is 2.15. The average molecular weight is 292 g/mol. The molecule has 1 aromatic heterocycles. The van der Waals surface area contributed by atoms with Crippen LogP contribution in [0.3, 0.4) is 0 Å². The summed E-state index contributed by atoms with van der Waals surface area (Å²) in [5.74, 6) is 2.60. The molecule has 2 rings (SSSR count). The monoisotopic (exact) mass is 292 g/mol. The maximum atomic E-state index is 5.45. The molecule has 0 radical (unpaired) electrons. The first-order valence-corrected chi connectivity index (χ1v) is 8.11. The predicted octanol–water partition coefficient (Wildman–Crippen LogP) is 3.21. The Hall–Kier alpha value is -1.36. The van der Waals surface area contributed by atoms with Crippen molar-refractivity contribution >= 4 is 11.6 Å². The average Bonchev–Trinajstić information content (AvgIpc) is 2.81. The molecule has 0 aromatic carbocycles. The van der Waals surface area contributed by atoms with Crippen LogP contribution >= 0.6 is 0 Å². The molecule has 1 saturated carbocycles. The molecule has 1 aliphatic rings. The van der Waals surface area contributed by atoms with Gasteiger partial charge in [0.05, 0.1) is 0 Å². The van der Waals surface area contributed by atoms with Gasteiger partial charge in [-0.3, -0.25) is 0 Å². The minimum atomic E-state index is 0.470. The van der Waals surface area contributed by atoms with E-state index in [1.54, 1.807) is 0 Å². The van der Waals surface area contributed by atoms with Crippen LogP contribution in [-0.4, -0.2) is 36.7 Å². The van der Waals surface area contributed by atoms with Crippen molar-refractivity contribution in [1.82, 2.24) is 9.97 Å². The van der Waals surface area contributed by atoms with Gasteiger partial charge in [-0.2, -0.15) is 0 Å². The highest BCUT2D eigenvalue weighted by atomic mass is 16.5. The summed E-state index contributed by atoms with van der Waals surface area (Å²) in [7, 11) is 4.05. The summed E-state index contributed by atoms with van der Waals surface area (Å²) in [5, 5.41) is 3.12. The van der Waals surface area contributed by atoms with Crippen LogP contribution in [0.25, 0.3) is 0 Å². The van der Waals surface area contributed by atoms with Gasteiger partial charge in [-0.25, -0.2) is 9.97 Å².